The number of aliphatic hydroxyl groups is 2. The molecule has 0 aromatic carbocycles. The van der Waals surface area contributed by atoms with Gasteiger partial charge >= 0.3 is 22.2 Å². The Bertz CT molecular complexity index is 503. The molecule has 9 nitrogen and oxygen atoms in total. The van der Waals surface area contributed by atoms with E-state index in [2.05, 4.69) is 8.58 Å². The topological polar surface area (TPSA) is 151 Å². The lowest BCUT2D eigenvalue weighted by molar-refractivity contribution is -0.137. The minimum atomic E-state index is -4.17. The largest absolute Gasteiger partial charge is 0.481 e. The monoisotopic (exact) mass is 411 g/mol. The van der Waals surface area contributed by atoms with E-state index < -0.39 is 22.2 Å². The maximum Gasteiger partial charge on any atom is 0.430 e. The molecule has 0 aliphatic rings. The second-order valence-electron chi connectivity index (χ2n) is 5.78. The molecule has 0 atom stereocenters. The summed E-state index contributed by atoms with van der Waals surface area (Å²) in [4.78, 5) is 21.7. The van der Waals surface area contributed by atoms with Gasteiger partial charge in [-0.2, -0.15) is 8.42 Å². The molecular formula is C17H33NO8S. The van der Waals surface area contributed by atoms with Crippen LogP contribution in [0.1, 0.15) is 77.6 Å². The Kier molecular flexibility index (Phi) is 19.7. The van der Waals surface area contributed by atoms with Crippen molar-refractivity contribution in [3.05, 3.63) is 0 Å². The van der Waals surface area contributed by atoms with Gasteiger partial charge in [0.05, 0.1) is 13.2 Å². The van der Waals surface area contributed by atoms with Crippen LogP contribution in [0, 0.1) is 0 Å². The third-order valence-electron chi connectivity index (χ3n) is 3.21. The number of rotatable bonds is 15. The highest BCUT2D eigenvalue weighted by molar-refractivity contribution is 7.85. The summed E-state index contributed by atoms with van der Waals surface area (Å²) in [5, 5.41) is 23.7. The van der Waals surface area contributed by atoms with Crippen LogP contribution in [0.3, 0.4) is 0 Å². The fraction of sp³-hybridized carbons (Fsp3) is 0.824. The molecule has 0 spiro atoms. The summed E-state index contributed by atoms with van der Waals surface area (Å²) in [6.45, 7) is 1.79. The molecular weight excluding hydrogens is 378 g/mol. The van der Waals surface area contributed by atoms with Gasteiger partial charge in [0, 0.05) is 19.1 Å². The highest BCUT2D eigenvalue weighted by atomic mass is 32.2. The number of carboxylic acids is 1. The Hall–Kier alpha value is -1.52. The predicted molar refractivity (Wildman–Crippen MR) is 102 cm³/mol. The first kappa shape index (κ1) is 27.7. The number of carboxylic acid groups (broad SMARTS) is 1. The Balaban J connectivity index is 0. The highest BCUT2D eigenvalue weighted by Crippen LogP contribution is 2.09. The van der Waals surface area contributed by atoms with Crippen molar-refractivity contribution < 1.29 is 37.5 Å². The maximum atomic E-state index is 11.4. The first-order valence-electron chi connectivity index (χ1n) is 9.23. The Morgan fingerprint density at radius 1 is 0.926 bits per heavy atom. The summed E-state index contributed by atoms with van der Waals surface area (Å²) in [5.74, 6) is -1.62. The summed E-state index contributed by atoms with van der Waals surface area (Å²) in [6, 6.07) is 0. The molecule has 0 saturated heterocycles. The van der Waals surface area contributed by atoms with Crippen LogP contribution in [0.2, 0.25) is 0 Å². The number of hydrogen-bond donors (Lipinski definition) is 3. The molecule has 0 heterocycles. The molecule has 3 N–H and O–H groups in total. The first-order valence-corrected chi connectivity index (χ1v) is 10.6. The molecule has 0 aromatic heterocycles. The third-order valence-corrected chi connectivity index (χ3v) is 4.01. The van der Waals surface area contributed by atoms with E-state index in [1.165, 1.54) is 6.21 Å². The summed E-state index contributed by atoms with van der Waals surface area (Å²) in [6.07, 6.45) is 8.31. The number of unbranched alkanes of at least 4 members (excludes halogenated alkanes) is 7. The van der Waals surface area contributed by atoms with Crippen LogP contribution in [-0.2, 0) is 24.1 Å². The molecule has 0 aromatic rings. The summed E-state index contributed by atoms with van der Waals surface area (Å²) in [7, 11) is -4.17. The van der Waals surface area contributed by atoms with Crippen LogP contribution in [0.4, 0.5) is 0 Å². The van der Waals surface area contributed by atoms with Gasteiger partial charge < -0.3 is 19.5 Å². The Labute approximate surface area is 161 Å². The molecule has 0 bridgehead atoms. The number of aliphatic carboxylic acids is 1. The van der Waals surface area contributed by atoms with Gasteiger partial charge in [0.2, 0.25) is 0 Å². The number of carbonyl (C=O) groups is 2. The smallest absolute Gasteiger partial charge is 0.430 e. The van der Waals surface area contributed by atoms with Crippen LogP contribution < -0.4 is 0 Å². The average Bonchev–Trinajstić information content (AvgIpc) is 2.60. The van der Waals surface area contributed by atoms with E-state index in [-0.39, 0.29) is 26.1 Å². The van der Waals surface area contributed by atoms with Crippen molar-refractivity contribution in [1.82, 2.24) is 0 Å². The summed E-state index contributed by atoms with van der Waals surface area (Å²) >= 11 is 0. The van der Waals surface area contributed by atoms with E-state index in [1.54, 1.807) is 0 Å². The van der Waals surface area contributed by atoms with Gasteiger partial charge in [0.1, 0.15) is 0 Å². The average molecular weight is 412 g/mol. The zero-order valence-corrected chi connectivity index (χ0v) is 16.8. The lowest BCUT2D eigenvalue weighted by atomic mass is 10.1. The van der Waals surface area contributed by atoms with Gasteiger partial charge in [-0.15, -0.1) is 4.40 Å². The Morgan fingerprint density at radius 2 is 1.48 bits per heavy atom. The summed E-state index contributed by atoms with van der Waals surface area (Å²) < 4.78 is 30.5. The van der Waals surface area contributed by atoms with Crippen molar-refractivity contribution in [2.75, 3.05) is 13.2 Å². The lowest BCUT2D eigenvalue weighted by Crippen LogP contribution is -2.10. The highest BCUT2D eigenvalue weighted by Gasteiger charge is 2.14. The molecule has 0 radical (unpaired) electrons. The maximum absolute atomic E-state index is 11.4. The molecule has 160 valence electrons. The molecule has 0 amide bonds. The van der Waals surface area contributed by atoms with Gasteiger partial charge in [-0.3, -0.25) is 9.59 Å². The van der Waals surface area contributed by atoms with Crippen molar-refractivity contribution in [2.45, 2.75) is 77.6 Å². The summed E-state index contributed by atoms with van der Waals surface area (Å²) in [5.41, 5.74) is 0. The molecule has 0 unspecified atom stereocenters. The quantitative estimate of drug-likeness (QED) is 0.274. The Morgan fingerprint density at radius 3 is 2.00 bits per heavy atom. The molecule has 0 rings (SSSR count). The second kappa shape index (κ2) is 19.2. The number of aliphatic hydroxyl groups excluding tert-OH is 2. The lowest BCUT2D eigenvalue weighted by Gasteiger charge is -2.02. The van der Waals surface area contributed by atoms with E-state index in [0.717, 1.165) is 38.5 Å². The van der Waals surface area contributed by atoms with Crippen LogP contribution in [0.15, 0.2) is 4.40 Å². The zero-order chi connectivity index (χ0) is 21.0. The molecule has 0 fully saturated rings. The van der Waals surface area contributed by atoms with Gasteiger partial charge in [0.15, 0.2) is 0 Å². The van der Waals surface area contributed by atoms with Gasteiger partial charge in [0.25, 0.3) is 0 Å². The second-order valence-corrected chi connectivity index (χ2v) is 7.01. The molecule has 0 aliphatic heterocycles. The van der Waals surface area contributed by atoms with Gasteiger partial charge in [-0.05, 0) is 25.7 Å². The van der Waals surface area contributed by atoms with E-state index >= 15 is 0 Å². The normalized spacial score (nSPS) is 11.1. The standard InChI is InChI=1S/C15H27NO6S.C2H6O2/c1-2-3-4-10-13-16-23(20,21)22-15(19)12-9-7-5-6-8-11-14(17)18;3-1-2-4/h13H,2-12H2,1H3,(H,17,18);3-4H,1-2H2. The fourth-order valence-electron chi connectivity index (χ4n) is 1.89. The predicted octanol–water partition coefficient (Wildman–Crippen LogP) is 2.21. The van der Waals surface area contributed by atoms with Crippen molar-refractivity contribution in [1.29, 1.82) is 0 Å². The number of nitrogens with zero attached hydrogens (tertiary/aromatic N) is 1. The fourth-order valence-corrected chi connectivity index (χ4v) is 2.54. The molecule has 0 saturated carbocycles. The number of carbonyl (C=O) groups excluding carboxylic acids is 1. The van der Waals surface area contributed by atoms with E-state index in [1.807, 2.05) is 6.92 Å². The van der Waals surface area contributed by atoms with Crippen molar-refractivity contribution in [3.63, 3.8) is 0 Å². The minimum absolute atomic E-state index is 0.0174. The third kappa shape index (κ3) is 24.5. The first-order chi connectivity index (χ1) is 12.8. The molecule has 0 aliphatic carbocycles. The minimum Gasteiger partial charge on any atom is -0.481 e. The molecule has 27 heavy (non-hydrogen) atoms. The van der Waals surface area contributed by atoms with Crippen molar-refractivity contribution >= 4 is 28.5 Å². The van der Waals surface area contributed by atoms with Gasteiger partial charge in [-0.25, -0.2) is 0 Å². The van der Waals surface area contributed by atoms with E-state index in [9.17, 15) is 18.0 Å². The SMILES string of the molecule is CCCCCC=NS(=O)(=O)OC(=O)CCCCCCCC(=O)O.OCCO. The van der Waals surface area contributed by atoms with Crippen LogP contribution in [0.25, 0.3) is 0 Å². The van der Waals surface area contributed by atoms with E-state index in [0.29, 0.717) is 19.3 Å². The van der Waals surface area contributed by atoms with Gasteiger partial charge in [-0.1, -0.05) is 39.0 Å². The van der Waals surface area contributed by atoms with Crippen LogP contribution in [-0.4, -0.2) is 55.1 Å². The van der Waals surface area contributed by atoms with Crippen molar-refractivity contribution in [2.24, 2.45) is 4.40 Å². The van der Waals surface area contributed by atoms with E-state index in [4.69, 9.17) is 15.3 Å². The number of hydrogen-bond acceptors (Lipinski definition) is 7. The molecule has 10 heteroatoms. The zero-order valence-electron chi connectivity index (χ0n) is 16.0. The van der Waals surface area contributed by atoms with Crippen molar-refractivity contribution in [3.8, 4) is 0 Å². The van der Waals surface area contributed by atoms with Crippen LogP contribution in [0.5, 0.6) is 0 Å². The van der Waals surface area contributed by atoms with Crippen LogP contribution >= 0.6 is 0 Å².